The van der Waals surface area contributed by atoms with Crippen molar-refractivity contribution in [2.45, 2.75) is 32.1 Å². The fraction of sp³-hybridized carbons (Fsp3) is 0.909. The number of morpholine rings is 2. The smallest absolute Gasteiger partial charge is 0.253 e. The lowest BCUT2D eigenvalue weighted by molar-refractivity contribution is -0.156. The summed E-state index contributed by atoms with van der Waals surface area (Å²) in [4.78, 5) is 14.1. The molecular formula is C11H21ClN2O3. The van der Waals surface area contributed by atoms with Crippen molar-refractivity contribution < 1.29 is 14.3 Å². The number of hydrogen-bond acceptors (Lipinski definition) is 4. The summed E-state index contributed by atoms with van der Waals surface area (Å²) in [6, 6.07) is 0.147. The zero-order valence-corrected chi connectivity index (χ0v) is 11.2. The van der Waals surface area contributed by atoms with E-state index in [-0.39, 0.29) is 36.6 Å². The second kappa shape index (κ2) is 6.54. The molecule has 0 spiro atoms. The number of ether oxygens (including phenoxy) is 2. The Balaban J connectivity index is 0.00000144. The highest BCUT2D eigenvalue weighted by molar-refractivity contribution is 5.85. The lowest BCUT2D eigenvalue weighted by Crippen LogP contribution is -2.56. The van der Waals surface area contributed by atoms with Gasteiger partial charge in [-0.1, -0.05) is 0 Å². The molecule has 2 heterocycles. The summed E-state index contributed by atoms with van der Waals surface area (Å²) in [5.74, 6) is 0.0925. The van der Waals surface area contributed by atoms with Crippen molar-refractivity contribution in [3.63, 3.8) is 0 Å². The molecule has 3 unspecified atom stereocenters. The van der Waals surface area contributed by atoms with E-state index < -0.39 is 0 Å². The Morgan fingerprint density at radius 2 is 2.12 bits per heavy atom. The topological polar surface area (TPSA) is 50.8 Å². The average molecular weight is 265 g/mol. The zero-order valence-electron chi connectivity index (χ0n) is 10.3. The number of nitrogens with zero attached hydrogens (tertiary/aromatic N) is 1. The SMILES string of the molecule is CC1CN(C(=O)C2CNCCO2)C(C)CO1.Cl. The Kier molecular flexibility index (Phi) is 5.66. The summed E-state index contributed by atoms with van der Waals surface area (Å²) in [5, 5.41) is 3.18. The highest BCUT2D eigenvalue weighted by Gasteiger charge is 2.33. The maximum Gasteiger partial charge on any atom is 0.253 e. The molecule has 0 bridgehead atoms. The first-order chi connectivity index (χ1) is 7.68. The monoisotopic (exact) mass is 264 g/mol. The van der Waals surface area contributed by atoms with Crippen LogP contribution in [0.1, 0.15) is 13.8 Å². The quantitative estimate of drug-likeness (QED) is 0.726. The van der Waals surface area contributed by atoms with Gasteiger partial charge in [-0.15, -0.1) is 12.4 Å². The van der Waals surface area contributed by atoms with E-state index in [1.54, 1.807) is 0 Å². The summed E-state index contributed by atoms with van der Waals surface area (Å²) >= 11 is 0. The van der Waals surface area contributed by atoms with Crippen molar-refractivity contribution in [3.05, 3.63) is 0 Å². The summed E-state index contributed by atoms with van der Waals surface area (Å²) < 4.78 is 11.0. The third kappa shape index (κ3) is 3.55. The third-order valence-electron chi connectivity index (χ3n) is 3.09. The van der Waals surface area contributed by atoms with Crippen LogP contribution < -0.4 is 5.32 Å². The van der Waals surface area contributed by atoms with Gasteiger partial charge in [-0.2, -0.15) is 0 Å². The van der Waals surface area contributed by atoms with Crippen LogP contribution in [0.4, 0.5) is 0 Å². The molecule has 100 valence electrons. The summed E-state index contributed by atoms with van der Waals surface area (Å²) in [6.45, 7) is 7.36. The molecular weight excluding hydrogens is 244 g/mol. The van der Waals surface area contributed by atoms with Gasteiger partial charge in [-0.05, 0) is 13.8 Å². The molecule has 0 aromatic carbocycles. The maximum absolute atomic E-state index is 12.2. The number of hydrogen-bond donors (Lipinski definition) is 1. The van der Waals surface area contributed by atoms with E-state index in [0.29, 0.717) is 26.3 Å². The molecule has 17 heavy (non-hydrogen) atoms. The number of amides is 1. The van der Waals surface area contributed by atoms with Crippen LogP contribution in [-0.2, 0) is 14.3 Å². The average Bonchev–Trinajstić information content (AvgIpc) is 2.32. The first-order valence-electron chi connectivity index (χ1n) is 5.93. The van der Waals surface area contributed by atoms with Crippen LogP contribution in [0.5, 0.6) is 0 Å². The Morgan fingerprint density at radius 1 is 1.35 bits per heavy atom. The Hall–Kier alpha value is -0.360. The van der Waals surface area contributed by atoms with Crippen LogP contribution in [0.25, 0.3) is 0 Å². The first-order valence-corrected chi connectivity index (χ1v) is 5.93. The van der Waals surface area contributed by atoms with E-state index in [2.05, 4.69) is 5.32 Å². The first kappa shape index (κ1) is 14.7. The fourth-order valence-electron chi connectivity index (χ4n) is 2.12. The molecule has 0 aromatic heterocycles. The lowest BCUT2D eigenvalue weighted by Gasteiger charge is -2.39. The predicted octanol–water partition coefficient (Wildman–Crippen LogP) is 0.0324. The molecule has 2 saturated heterocycles. The van der Waals surface area contributed by atoms with Gasteiger partial charge < -0.3 is 19.7 Å². The standard InChI is InChI=1S/C11H20N2O3.ClH/c1-8-7-16-9(2)6-13(8)11(14)10-5-12-3-4-15-10;/h8-10,12H,3-7H2,1-2H3;1H. The van der Waals surface area contributed by atoms with Crippen molar-refractivity contribution in [2.75, 3.05) is 32.8 Å². The van der Waals surface area contributed by atoms with Crippen molar-refractivity contribution in [1.82, 2.24) is 10.2 Å². The minimum absolute atomic E-state index is 0. The Bertz CT molecular complexity index is 259. The Labute approximate surface area is 108 Å². The number of carbonyl (C=O) groups is 1. The number of nitrogens with one attached hydrogen (secondary N) is 1. The second-order valence-corrected chi connectivity index (χ2v) is 4.55. The van der Waals surface area contributed by atoms with Crippen LogP contribution in [0.15, 0.2) is 0 Å². The van der Waals surface area contributed by atoms with Crippen LogP contribution in [0.3, 0.4) is 0 Å². The molecule has 2 rings (SSSR count). The highest BCUT2D eigenvalue weighted by atomic mass is 35.5. The van der Waals surface area contributed by atoms with Gasteiger partial charge in [0.2, 0.25) is 0 Å². The number of rotatable bonds is 1. The molecule has 2 fully saturated rings. The normalized spacial score (nSPS) is 34.0. The van der Waals surface area contributed by atoms with E-state index in [1.807, 2.05) is 18.7 Å². The zero-order chi connectivity index (χ0) is 11.5. The molecule has 2 aliphatic rings. The van der Waals surface area contributed by atoms with E-state index in [4.69, 9.17) is 9.47 Å². The van der Waals surface area contributed by atoms with Gasteiger partial charge >= 0.3 is 0 Å². The summed E-state index contributed by atoms with van der Waals surface area (Å²) in [5.41, 5.74) is 0. The minimum Gasteiger partial charge on any atom is -0.375 e. The Morgan fingerprint density at radius 3 is 2.76 bits per heavy atom. The fourth-order valence-corrected chi connectivity index (χ4v) is 2.12. The second-order valence-electron chi connectivity index (χ2n) is 4.55. The van der Waals surface area contributed by atoms with E-state index in [0.717, 1.165) is 6.54 Å². The number of carbonyl (C=O) groups excluding carboxylic acids is 1. The van der Waals surface area contributed by atoms with E-state index in [9.17, 15) is 4.79 Å². The molecule has 1 amide bonds. The molecule has 3 atom stereocenters. The lowest BCUT2D eigenvalue weighted by atomic mass is 10.1. The van der Waals surface area contributed by atoms with E-state index in [1.165, 1.54) is 0 Å². The van der Waals surface area contributed by atoms with Gasteiger partial charge in [0.15, 0.2) is 0 Å². The van der Waals surface area contributed by atoms with Gasteiger partial charge in [0.1, 0.15) is 6.10 Å². The molecule has 0 saturated carbocycles. The van der Waals surface area contributed by atoms with Gasteiger partial charge in [0.05, 0.1) is 25.4 Å². The van der Waals surface area contributed by atoms with Gasteiger partial charge in [-0.3, -0.25) is 4.79 Å². The van der Waals surface area contributed by atoms with Gasteiger partial charge in [0.25, 0.3) is 5.91 Å². The van der Waals surface area contributed by atoms with E-state index >= 15 is 0 Å². The van der Waals surface area contributed by atoms with Crippen molar-refractivity contribution >= 4 is 18.3 Å². The molecule has 2 aliphatic heterocycles. The maximum atomic E-state index is 12.2. The van der Waals surface area contributed by atoms with Gasteiger partial charge in [0, 0.05) is 19.6 Å². The van der Waals surface area contributed by atoms with Crippen molar-refractivity contribution in [3.8, 4) is 0 Å². The summed E-state index contributed by atoms with van der Waals surface area (Å²) in [6.07, 6.45) is -0.196. The van der Waals surface area contributed by atoms with Crippen molar-refractivity contribution in [1.29, 1.82) is 0 Å². The summed E-state index contributed by atoms with van der Waals surface area (Å²) in [7, 11) is 0. The minimum atomic E-state index is -0.318. The molecule has 5 nitrogen and oxygen atoms in total. The highest BCUT2D eigenvalue weighted by Crippen LogP contribution is 2.14. The molecule has 0 aliphatic carbocycles. The van der Waals surface area contributed by atoms with Crippen molar-refractivity contribution in [2.24, 2.45) is 0 Å². The predicted molar refractivity (Wildman–Crippen MR) is 66.4 cm³/mol. The van der Waals surface area contributed by atoms with Crippen LogP contribution >= 0.6 is 12.4 Å². The third-order valence-corrected chi connectivity index (χ3v) is 3.09. The molecule has 1 N–H and O–H groups in total. The van der Waals surface area contributed by atoms with Gasteiger partial charge in [-0.25, -0.2) is 0 Å². The van der Waals surface area contributed by atoms with Crippen LogP contribution in [-0.4, -0.2) is 61.9 Å². The molecule has 0 aromatic rings. The number of halogens is 1. The molecule has 6 heteroatoms. The molecule has 0 radical (unpaired) electrons. The van der Waals surface area contributed by atoms with Crippen LogP contribution in [0, 0.1) is 0 Å². The largest absolute Gasteiger partial charge is 0.375 e. The van der Waals surface area contributed by atoms with Crippen LogP contribution in [0.2, 0.25) is 0 Å².